The molecule has 1 saturated carbocycles. The van der Waals surface area contributed by atoms with Crippen molar-refractivity contribution >= 4 is 29.1 Å². The Bertz CT molecular complexity index is 1040. The van der Waals surface area contributed by atoms with E-state index in [2.05, 4.69) is 27.8 Å². The number of piperidine rings is 1. The second kappa shape index (κ2) is 11.0. The average molecular weight is 481 g/mol. The third-order valence-electron chi connectivity index (χ3n) is 7.16. The van der Waals surface area contributed by atoms with E-state index in [1.807, 2.05) is 24.0 Å². The molecule has 1 aromatic carbocycles. The Kier molecular flexibility index (Phi) is 7.85. The van der Waals surface area contributed by atoms with Crippen LogP contribution < -0.4 is 16.4 Å². The fourth-order valence-corrected chi connectivity index (χ4v) is 5.01. The number of likely N-dealkylation sites (tertiary alicyclic amines) is 1. The number of hydrogen-bond acceptors (Lipinski definition) is 7. The molecule has 0 atom stereocenters. The standard InChI is InChI=1S/C26H36N6O3/c1-3-22-25(28-20-8-10-21(34)11-9-20)31-26(23(30-22)24(27)35)29-19-6-4-17(5-7-19)18-12-14-32(15-13-18)16(2)33/h4-7,18,20-21,34H,3,8-15H2,1-2H3,(H2,27,35)(H2,28,29,31). The van der Waals surface area contributed by atoms with Crippen LogP contribution in [0.4, 0.5) is 17.3 Å². The Hall–Kier alpha value is -3.20. The highest BCUT2D eigenvalue weighted by Crippen LogP contribution is 2.30. The minimum Gasteiger partial charge on any atom is -0.393 e. The molecule has 2 fully saturated rings. The lowest BCUT2D eigenvalue weighted by molar-refractivity contribution is -0.129. The molecule has 188 valence electrons. The minimum atomic E-state index is -0.629. The van der Waals surface area contributed by atoms with Crippen LogP contribution in [0.5, 0.6) is 0 Å². The third-order valence-corrected chi connectivity index (χ3v) is 7.16. The van der Waals surface area contributed by atoms with Crippen molar-refractivity contribution in [2.24, 2.45) is 5.73 Å². The number of nitrogens with two attached hydrogens (primary N) is 1. The highest BCUT2D eigenvalue weighted by molar-refractivity contribution is 5.96. The number of aromatic nitrogens is 2. The predicted octanol–water partition coefficient (Wildman–Crippen LogP) is 3.32. The minimum absolute atomic E-state index is 0.118. The van der Waals surface area contributed by atoms with E-state index in [-0.39, 0.29) is 23.7 Å². The van der Waals surface area contributed by atoms with Gasteiger partial charge in [-0.1, -0.05) is 19.1 Å². The van der Waals surface area contributed by atoms with Crippen LogP contribution in [-0.4, -0.2) is 57.0 Å². The molecule has 0 spiro atoms. The Morgan fingerprint density at radius 3 is 2.26 bits per heavy atom. The molecular weight excluding hydrogens is 444 g/mol. The largest absolute Gasteiger partial charge is 0.393 e. The topological polar surface area (TPSA) is 133 Å². The Labute approximate surface area is 206 Å². The maximum Gasteiger partial charge on any atom is 0.271 e. The van der Waals surface area contributed by atoms with Crippen molar-refractivity contribution in [2.75, 3.05) is 23.7 Å². The maximum absolute atomic E-state index is 12.2. The van der Waals surface area contributed by atoms with Crippen LogP contribution in [0, 0.1) is 0 Å². The molecule has 2 aromatic rings. The van der Waals surface area contributed by atoms with Gasteiger partial charge in [0.15, 0.2) is 11.5 Å². The number of primary amides is 1. The first-order valence-corrected chi connectivity index (χ1v) is 12.6. The zero-order chi connectivity index (χ0) is 24.9. The number of carbonyl (C=O) groups is 2. The summed E-state index contributed by atoms with van der Waals surface area (Å²) in [5.74, 6) is 0.911. The van der Waals surface area contributed by atoms with Gasteiger partial charge in [-0.25, -0.2) is 9.97 Å². The second-order valence-corrected chi connectivity index (χ2v) is 9.61. The number of rotatable bonds is 7. The van der Waals surface area contributed by atoms with Crippen LogP contribution in [0.1, 0.15) is 80.0 Å². The summed E-state index contributed by atoms with van der Waals surface area (Å²) in [6, 6.07) is 8.32. The van der Waals surface area contributed by atoms with Gasteiger partial charge in [-0.3, -0.25) is 9.59 Å². The van der Waals surface area contributed by atoms with E-state index in [4.69, 9.17) is 10.7 Å². The van der Waals surface area contributed by atoms with E-state index in [9.17, 15) is 14.7 Å². The first-order chi connectivity index (χ1) is 16.8. The number of benzene rings is 1. The molecular formula is C26H36N6O3. The number of aliphatic hydroxyl groups excluding tert-OH is 1. The average Bonchev–Trinajstić information content (AvgIpc) is 2.86. The monoisotopic (exact) mass is 480 g/mol. The summed E-state index contributed by atoms with van der Waals surface area (Å²) in [5, 5.41) is 16.5. The van der Waals surface area contributed by atoms with Crippen LogP contribution >= 0.6 is 0 Å². The molecule has 5 N–H and O–H groups in total. The summed E-state index contributed by atoms with van der Waals surface area (Å²) in [5.41, 5.74) is 8.49. The van der Waals surface area contributed by atoms with Crippen molar-refractivity contribution in [3.8, 4) is 0 Å². The number of amides is 2. The summed E-state index contributed by atoms with van der Waals surface area (Å²) in [6.45, 7) is 5.17. The molecule has 0 unspecified atom stereocenters. The first-order valence-electron chi connectivity index (χ1n) is 12.6. The van der Waals surface area contributed by atoms with E-state index < -0.39 is 5.91 Å². The van der Waals surface area contributed by atoms with Gasteiger partial charge < -0.3 is 26.4 Å². The zero-order valence-electron chi connectivity index (χ0n) is 20.6. The molecule has 2 aliphatic rings. The van der Waals surface area contributed by atoms with Crippen LogP contribution in [0.25, 0.3) is 0 Å². The van der Waals surface area contributed by atoms with Gasteiger partial charge in [-0.05, 0) is 68.6 Å². The lowest BCUT2D eigenvalue weighted by Gasteiger charge is -2.31. The Morgan fingerprint density at radius 1 is 1.03 bits per heavy atom. The Morgan fingerprint density at radius 2 is 1.69 bits per heavy atom. The number of hydrogen-bond donors (Lipinski definition) is 4. The lowest BCUT2D eigenvalue weighted by atomic mass is 9.89. The smallest absolute Gasteiger partial charge is 0.271 e. The highest BCUT2D eigenvalue weighted by atomic mass is 16.3. The van der Waals surface area contributed by atoms with E-state index >= 15 is 0 Å². The van der Waals surface area contributed by atoms with Crippen molar-refractivity contribution in [2.45, 2.75) is 76.9 Å². The third kappa shape index (κ3) is 6.08. The fraction of sp³-hybridized carbons (Fsp3) is 0.538. The second-order valence-electron chi connectivity index (χ2n) is 9.61. The number of carbonyl (C=O) groups excluding carboxylic acids is 2. The number of nitrogens with zero attached hydrogens (tertiary/aromatic N) is 3. The van der Waals surface area contributed by atoms with Gasteiger partial charge in [0.25, 0.3) is 5.91 Å². The molecule has 9 heteroatoms. The van der Waals surface area contributed by atoms with Gasteiger partial charge in [-0.15, -0.1) is 0 Å². The zero-order valence-corrected chi connectivity index (χ0v) is 20.6. The normalized spacial score (nSPS) is 20.9. The van der Waals surface area contributed by atoms with E-state index in [1.165, 1.54) is 5.56 Å². The van der Waals surface area contributed by atoms with Crippen molar-refractivity contribution < 1.29 is 14.7 Å². The molecule has 4 rings (SSSR count). The molecule has 1 saturated heterocycles. The quantitative estimate of drug-likeness (QED) is 0.478. The van der Waals surface area contributed by atoms with Gasteiger partial charge in [0.05, 0.1) is 11.8 Å². The highest BCUT2D eigenvalue weighted by Gasteiger charge is 2.24. The van der Waals surface area contributed by atoms with Gasteiger partial charge in [0, 0.05) is 31.7 Å². The fourth-order valence-electron chi connectivity index (χ4n) is 5.01. The van der Waals surface area contributed by atoms with Gasteiger partial charge in [0.1, 0.15) is 5.82 Å². The summed E-state index contributed by atoms with van der Waals surface area (Å²) in [4.78, 5) is 34.9. The van der Waals surface area contributed by atoms with Crippen LogP contribution in [0.15, 0.2) is 24.3 Å². The van der Waals surface area contributed by atoms with E-state index in [0.717, 1.165) is 57.3 Å². The van der Waals surface area contributed by atoms with E-state index in [0.29, 0.717) is 29.7 Å². The first kappa shape index (κ1) is 24.9. The summed E-state index contributed by atoms with van der Waals surface area (Å²) in [6.07, 6.45) is 5.53. The molecule has 2 amide bonds. The number of anilines is 3. The molecule has 2 heterocycles. The number of nitrogens with one attached hydrogen (secondary N) is 2. The van der Waals surface area contributed by atoms with Crippen LogP contribution in [-0.2, 0) is 11.2 Å². The van der Waals surface area contributed by atoms with Crippen molar-refractivity contribution in [3.05, 3.63) is 41.2 Å². The summed E-state index contributed by atoms with van der Waals surface area (Å²) >= 11 is 0. The molecule has 1 aliphatic carbocycles. The predicted molar refractivity (Wildman–Crippen MR) is 136 cm³/mol. The van der Waals surface area contributed by atoms with E-state index in [1.54, 1.807) is 6.92 Å². The number of aliphatic hydroxyl groups is 1. The van der Waals surface area contributed by atoms with Gasteiger partial charge >= 0.3 is 0 Å². The summed E-state index contributed by atoms with van der Waals surface area (Å²) < 4.78 is 0. The van der Waals surface area contributed by atoms with Gasteiger partial charge in [-0.2, -0.15) is 0 Å². The summed E-state index contributed by atoms with van der Waals surface area (Å²) in [7, 11) is 0. The molecule has 1 aromatic heterocycles. The van der Waals surface area contributed by atoms with Crippen LogP contribution in [0.3, 0.4) is 0 Å². The molecule has 1 aliphatic heterocycles. The van der Waals surface area contributed by atoms with Gasteiger partial charge in [0.2, 0.25) is 5.91 Å². The molecule has 0 bridgehead atoms. The Balaban J connectivity index is 1.50. The van der Waals surface area contributed by atoms with Crippen molar-refractivity contribution in [3.63, 3.8) is 0 Å². The maximum atomic E-state index is 12.2. The SMILES string of the molecule is CCc1nc(C(N)=O)c(Nc2ccc(C3CCN(C(C)=O)CC3)cc2)nc1NC1CCC(O)CC1. The van der Waals surface area contributed by atoms with Crippen molar-refractivity contribution in [1.29, 1.82) is 0 Å². The lowest BCUT2D eigenvalue weighted by Crippen LogP contribution is -2.36. The molecule has 0 radical (unpaired) electrons. The van der Waals surface area contributed by atoms with Crippen molar-refractivity contribution in [1.82, 2.24) is 14.9 Å². The molecule has 9 nitrogen and oxygen atoms in total. The number of aryl methyl sites for hydroxylation is 1. The van der Waals surface area contributed by atoms with Crippen LogP contribution in [0.2, 0.25) is 0 Å². The molecule has 35 heavy (non-hydrogen) atoms.